The standard InChI is InChI=1S/C14H16N2O4S/c17-12(15-7-9-4-2-1-3-5-9)6-11-13(18)16-10(8-21-11)14(19)20/h1-5,10-11H,6-8H2,(H,15,17)(H,16,18)(H,19,20)/p-1/t10-,11-/m0/s1. The number of carboxylic acids is 1. The molecule has 2 amide bonds. The van der Waals surface area contributed by atoms with Crippen molar-refractivity contribution in [1.29, 1.82) is 0 Å². The predicted molar refractivity (Wildman–Crippen MR) is 76.1 cm³/mol. The lowest BCUT2D eigenvalue weighted by molar-refractivity contribution is -0.307. The van der Waals surface area contributed by atoms with Crippen LogP contribution in [0, 0.1) is 0 Å². The van der Waals surface area contributed by atoms with E-state index in [-0.39, 0.29) is 18.1 Å². The van der Waals surface area contributed by atoms with Gasteiger partial charge in [-0.15, -0.1) is 11.8 Å². The van der Waals surface area contributed by atoms with E-state index >= 15 is 0 Å². The summed E-state index contributed by atoms with van der Waals surface area (Å²) in [6, 6.07) is 8.46. The lowest BCUT2D eigenvalue weighted by Crippen LogP contribution is -2.55. The van der Waals surface area contributed by atoms with E-state index < -0.39 is 23.2 Å². The third-order valence-electron chi connectivity index (χ3n) is 3.06. The average molecular weight is 307 g/mol. The summed E-state index contributed by atoms with van der Waals surface area (Å²) in [5.74, 6) is -1.76. The van der Waals surface area contributed by atoms with Crippen LogP contribution in [-0.4, -0.2) is 34.8 Å². The van der Waals surface area contributed by atoms with Crippen molar-refractivity contribution < 1.29 is 19.5 Å². The molecule has 21 heavy (non-hydrogen) atoms. The first-order valence-electron chi connectivity index (χ1n) is 6.49. The molecule has 0 spiro atoms. The Hall–Kier alpha value is -2.02. The normalized spacial score (nSPS) is 21.4. The number of rotatable bonds is 5. The van der Waals surface area contributed by atoms with Crippen molar-refractivity contribution in [2.24, 2.45) is 0 Å². The second-order valence-corrected chi connectivity index (χ2v) is 5.90. The summed E-state index contributed by atoms with van der Waals surface area (Å²) in [5.41, 5.74) is 0.976. The van der Waals surface area contributed by atoms with E-state index in [9.17, 15) is 19.5 Å². The Labute approximate surface area is 126 Å². The van der Waals surface area contributed by atoms with E-state index in [2.05, 4.69) is 10.6 Å². The van der Waals surface area contributed by atoms with E-state index in [1.165, 1.54) is 0 Å². The molecule has 6 nitrogen and oxygen atoms in total. The summed E-state index contributed by atoms with van der Waals surface area (Å²) < 4.78 is 0. The van der Waals surface area contributed by atoms with Gasteiger partial charge >= 0.3 is 0 Å². The van der Waals surface area contributed by atoms with E-state index in [1.807, 2.05) is 30.3 Å². The van der Waals surface area contributed by atoms with E-state index in [4.69, 9.17) is 0 Å². The van der Waals surface area contributed by atoms with E-state index in [1.54, 1.807) is 0 Å². The molecule has 2 atom stereocenters. The smallest absolute Gasteiger partial charge is 0.234 e. The Morgan fingerprint density at radius 2 is 2.05 bits per heavy atom. The van der Waals surface area contributed by atoms with E-state index in [0.717, 1.165) is 17.3 Å². The summed E-state index contributed by atoms with van der Waals surface area (Å²) in [6.07, 6.45) is 0.0309. The fraction of sp³-hybridized carbons (Fsp3) is 0.357. The second kappa shape index (κ2) is 7.12. The molecule has 112 valence electrons. The summed E-state index contributed by atoms with van der Waals surface area (Å²) in [5, 5.41) is 15.2. The van der Waals surface area contributed by atoms with Crippen LogP contribution < -0.4 is 15.7 Å². The highest BCUT2D eigenvalue weighted by Crippen LogP contribution is 2.20. The zero-order chi connectivity index (χ0) is 15.2. The van der Waals surface area contributed by atoms with Gasteiger partial charge in [-0.25, -0.2) is 0 Å². The fourth-order valence-corrected chi connectivity index (χ4v) is 3.04. The largest absolute Gasteiger partial charge is 0.548 e. The summed E-state index contributed by atoms with van der Waals surface area (Å²) in [6.45, 7) is 0.403. The molecule has 1 saturated heterocycles. The first-order valence-corrected chi connectivity index (χ1v) is 7.54. The van der Waals surface area contributed by atoms with Gasteiger partial charge in [0, 0.05) is 18.7 Å². The highest BCUT2D eigenvalue weighted by molar-refractivity contribution is 8.00. The number of hydrogen-bond acceptors (Lipinski definition) is 5. The minimum absolute atomic E-state index is 0.0309. The van der Waals surface area contributed by atoms with Gasteiger partial charge in [0.25, 0.3) is 0 Å². The quantitative estimate of drug-likeness (QED) is 0.730. The molecule has 0 saturated carbocycles. The van der Waals surface area contributed by atoms with E-state index in [0.29, 0.717) is 6.54 Å². The van der Waals surface area contributed by atoms with Gasteiger partial charge in [-0.1, -0.05) is 30.3 Å². The second-order valence-electron chi connectivity index (χ2n) is 4.67. The van der Waals surface area contributed by atoms with Crippen LogP contribution in [0.5, 0.6) is 0 Å². The molecule has 1 aliphatic rings. The average Bonchev–Trinajstić information content (AvgIpc) is 2.48. The van der Waals surface area contributed by atoms with Crippen molar-refractivity contribution in [2.45, 2.75) is 24.3 Å². The van der Waals surface area contributed by atoms with Gasteiger partial charge in [0.1, 0.15) is 0 Å². The summed E-state index contributed by atoms with van der Waals surface area (Å²) in [7, 11) is 0. The molecule has 0 unspecified atom stereocenters. The summed E-state index contributed by atoms with van der Waals surface area (Å²) in [4.78, 5) is 34.2. The van der Waals surface area contributed by atoms with Crippen molar-refractivity contribution >= 4 is 29.5 Å². The van der Waals surface area contributed by atoms with Crippen LogP contribution in [0.2, 0.25) is 0 Å². The van der Waals surface area contributed by atoms with Gasteiger partial charge < -0.3 is 20.5 Å². The maximum absolute atomic E-state index is 11.8. The van der Waals surface area contributed by atoms with Gasteiger partial charge in [0.2, 0.25) is 11.8 Å². The maximum Gasteiger partial charge on any atom is 0.234 e. The van der Waals surface area contributed by atoms with Crippen molar-refractivity contribution in [3.8, 4) is 0 Å². The van der Waals surface area contributed by atoms with Crippen LogP contribution >= 0.6 is 11.8 Å². The number of carbonyl (C=O) groups is 3. The monoisotopic (exact) mass is 307 g/mol. The van der Waals surface area contributed by atoms with Crippen molar-refractivity contribution in [3.63, 3.8) is 0 Å². The molecule has 0 aromatic heterocycles. The fourth-order valence-electron chi connectivity index (χ4n) is 1.91. The Bertz CT molecular complexity index is 535. The first kappa shape index (κ1) is 15.4. The molecule has 2 N–H and O–H groups in total. The number of hydrogen-bond donors (Lipinski definition) is 2. The highest BCUT2D eigenvalue weighted by atomic mass is 32.2. The number of benzene rings is 1. The third kappa shape index (κ3) is 4.49. The number of nitrogens with one attached hydrogen (secondary N) is 2. The van der Waals surface area contributed by atoms with Crippen molar-refractivity contribution in [2.75, 3.05) is 5.75 Å². The van der Waals surface area contributed by atoms with Crippen LogP contribution in [0.15, 0.2) is 30.3 Å². The number of thioether (sulfide) groups is 1. The number of amides is 2. The molecule has 1 fully saturated rings. The molecule has 1 aromatic carbocycles. The Kier molecular flexibility index (Phi) is 5.21. The molecule has 1 aliphatic heterocycles. The molecule has 1 heterocycles. The first-order chi connectivity index (χ1) is 10.1. The molecule has 7 heteroatoms. The maximum atomic E-state index is 11.8. The molecule has 0 bridgehead atoms. The Morgan fingerprint density at radius 1 is 1.33 bits per heavy atom. The Balaban J connectivity index is 1.78. The number of carbonyl (C=O) groups excluding carboxylic acids is 3. The number of aliphatic carboxylic acids is 1. The van der Waals surface area contributed by atoms with Crippen LogP contribution in [0.1, 0.15) is 12.0 Å². The van der Waals surface area contributed by atoms with Crippen LogP contribution in [0.4, 0.5) is 0 Å². The highest BCUT2D eigenvalue weighted by Gasteiger charge is 2.30. The topological polar surface area (TPSA) is 98.3 Å². The zero-order valence-electron chi connectivity index (χ0n) is 11.2. The third-order valence-corrected chi connectivity index (χ3v) is 4.37. The molecule has 2 rings (SSSR count). The molecule has 0 aliphatic carbocycles. The molecule has 1 aromatic rings. The molecular weight excluding hydrogens is 292 g/mol. The minimum Gasteiger partial charge on any atom is -0.548 e. The minimum atomic E-state index is -1.30. The van der Waals surface area contributed by atoms with Gasteiger partial charge in [-0.05, 0) is 5.56 Å². The van der Waals surface area contributed by atoms with Crippen molar-refractivity contribution in [3.05, 3.63) is 35.9 Å². The van der Waals surface area contributed by atoms with Crippen LogP contribution in [0.25, 0.3) is 0 Å². The van der Waals surface area contributed by atoms with Crippen LogP contribution in [-0.2, 0) is 20.9 Å². The van der Waals surface area contributed by atoms with Gasteiger partial charge in [-0.2, -0.15) is 0 Å². The van der Waals surface area contributed by atoms with Gasteiger partial charge in [0.15, 0.2) is 0 Å². The Morgan fingerprint density at radius 3 is 2.67 bits per heavy atom. The van der Waals surface area contributed by atoms with Gasteiger partial charge in [0.05, 0.1) is 17.3 Å². The SMILES string of the molecule is O=C(C[C@@H]1SC[C@@H](C(=O)[O-])NC1=O)NCc1ccccc1. The lowest BCUT2D eigenvalue weighted by atomic mass is 10.2. The predicted octanol–water partition coefficient (Wildman–Crippen LogP) is -0.957. The van der Waals surface area contributed by atoms with Crippen LogP contribution in [0.3, 0.4) is 0 Å². The van der Waals surface area contributed by atoms with Gasteiger partial charge in [-0.3, -0.25) is 9.59 Å². The lowest BCUT2D eigenvalue weighted by Gasteiger charge is -2.28. The zero-order valence-corrected chi connectivity index (χ0v) is 12.0. The molecular formula is C14H15N2O4S-. The van der Waals surface area contributed by atoms with Crippen molar-refractivity contribution in [1.82, 2.24) is 10.6 Å². The summed E-state index contributed by atoms with van der Waals surface area (Å²) >= 11 is 1.16. The molecule has 0 radical (unpaired) electrons. The number of carboxylic acid groups (broad SMARTS) is 1.